The molecule has 2 heteroatoms. The predicted octanol–water partition coefficient (Wildman–Crippen LogP) is 2.74. The van der Waals surface area contributed by atoms with Crippen LogP contribution in [0.1, 0.15) is 25.0 Å². The van der Waals surface area contributed by atoms with Gasteiger partial charge in [0.1, 0.15) is 0 Å². The Morgan fingerprint density at radius 3 is 2.41 bits per heavy atom. The summed E-state index contributed by atoms with van der Waals surface area (Å²) in [6.07, 6.45) is 0. The smallest absolute Gasteiger partial charge is 0.0372 e. The third-order valence-corrected chi connectivity index (χ3v) is 3.58. The molecule has 2 nitrogen and oxygen atoms in total. The van der Waals surface area contributed by atoms with Crippen molar-refractivity contribution in [3.63, 3.8) is 0 Å². The lowest BCUT2D eigenvalue weighted by Crippen LogP contribution is -2.53. The number of nitrogens with zero attached hydrogens (tertiary/aromatic N) is 1. The van der Waals surface area contributed by atoms with Gasteiger partial charge in [-0.25, -0.2) is 0 Å². The first-order chi connectivity index (χ1) is 8.06. The van der Waals surface area contributed by atoms with Crippen LogP contribution in [0.15, 0.2) is 18.2 Å². The normalized spacial score (nSPS) is 21.0. The molecular formula is C15H24N2. The zero-order valence-corrected chi connectivity index (χ0v) is 11.5. The molecule has 17 heavy (non-hydrogen) atoms. The van der Waals surface area contributed by atoms with Gasteiger partial charge < -0.3 is 10.2 Å². The molecule has 1 fully saturated rings. The van der Waals surface area contributed by atoms with Crippen molar-refractivity contribution in [2.45, 2.75) is 33.7 Å². The van der Waals surface area contributed by atoms with E-state index in [1.165, 1.54) is 16.8 Å². The predicted molar refractivity (Wildman–Crippen MR) is 74.8 cm³/mol. The van der Waals surface area contributed by atoms with Gasteiger partial charge in [0.05, 0.1) is 0 Å². The number of nitrogens with one attached hydrogen (secondary N) is 1. The van der Waals surface area contributed by atoms with Crippen molar-refractivity contribution in [1.82, 2.24) is 5.32 Å². The minimum Gasteiger partial charge on any atom is -0.369 e. The van der Waals surface area contributed by atoms with Gasteiger partial charge in [-0.15, -0.1) is 0 Å². The summed E-state index contributed by atoms with van der Waals surface area (Å²) in [6, 6.07) is 7.46. The lowest BCUT2D eigenvalue weighted by atomic mass is 10.0. The SMILES string of the molecule is Cc1cc(C)cc(N2CCNC(C(C)C)C2)c1. The first kappa shape index (κ1) is 12.4. The minimum absolute atomic E-state index is 0.615. The molecule has 1 heterocycles. The topological polar surface area (TPSA) is 15.3 Å². The zero-order chi connectivity index (χ0) is 12.4. The number of rotatable bonds is 2. The Kier molecular flexibility index (Phi) is 3.72. The number of aryl methyl sites for hydroxylation is 2. The second-order valence-corrected chi connectivity index (χ2v) is 5.60. The molecule has 1 aliphatic heterocycles. The van der Waals surface area contributed by atoms with Crippen LogP contribution in [0.4, 0.5) is 5.69 Å². The van der Waals surface area contributed by atoms with Crippen molar-refractivity contribution < 1.29 is 0 Å². The third kappa shape index (κ3) is 3.01. The Balaban J connectivity index is 2.16. The van der Waals surface area contributed by atoms with Crippen molar-refractivity contribution in [2.75, 3.05) is 24.5 Å². The van der Waals surface area contributed by atoms with Crippen LogP contribution in [0, 0.1) is 19.8 Å². The van der Waals surface area contributed by atoms with E-state index in [0.29, 0.717) is 12.0 Å². The van der Waals surface area contributed by atoms with Gasteiger partial charge in [-0.05, 0) is 43.0 Å². The van der Waals surface area contributed by atoms with Crippen LogP contribution in [-0.4, -0.2) is 25.7 Å². The number of piperazine rings is 1. The summed E-state index contributed by atoms with van der Waals surface area (Å²) < 4.78 is 0. The lowest BCUT2D eigenvalue weighted by molar-refractivity contribution is 0.368. The lowest BCUT2D eigenvalue weighted by Gasteiger charge is -2.37. The molecule has 0 bridgehead atoms. The fourth-order valence-corrected chi connectivity index (χ4v) is 2.59. The molecule has 94 valence electrons. The summed E-state index contributed by atoms with van der Waals surface area (Å²) in [7, 11) is 0. The Hall–Kier alpha value is -1.02. The Labute approximate surface area is 105 Å². The highest BCUT2D eigenvalue weighted by Crippen LogP contribution is 2.21. The summed E-state index contributed by atoms with van der Waals surface area (Å²) in [6.45, 7) is 12.3. The van der Waals surface area contributed by atoms with Gasteiger partial charge in [-0.3, -0.25) is 0 Å². The molecule has 0 amide bonds. The van der Waals surface area contributed by atoms with Gasteiger partial charge in [0.25, 0.3) is 0 Å². The highest BCUT2D eigenvalue weighted by atomic mass is 15.2. The molecule has 0 radical (unpaired) electrons. The van der Waals surface area contributed by atoms with E-state index < -0.39 is 0 Å². The van der Waals surface area contributed by atoms with Crippen LogP contribution >= 0.6 is 0 Å². The summed E-state index contributed by atoms with van der Waals surface area (Å²) in [5.74, 6) is 0.698. The summed E-state index contributed by atoms with van der Waals surface area (Å²) in [5.41, 5.74) is 4.11. The van der Waals surface area contributed by atoms with E-state index in [-0.39, 0.29) is 0 Å². The van der Waals surface area contributed by atoms with Crippen molar-refractivity contribution in [2.24, 2.45) is 5.92 Å². The summed E-state index contributed by atoms with van der Waals surface area (Å²) in [5, 5.41) is 3.61. The second kappa shape index (κ2) is 5.09. The highest BCUT2D eigenvalue weighted by molar-refractivity contribution is 5.51. The Morgan fingerprint density at radius 2 is 1.82 bits per heavy atom. The monoisotopic (exact) mass is 232 g/mol. The molecule has 0 spiro atoms. The molecule has 1 saturated heterocycles. The van der Waals surface area contributed by atoms with Gasteiger partial charge in [-0.1, -0.05) is 19.9 Å². The van der Waals surface area contributed by atoms with E-state index in [4.69, 9.17) is 0 Å². The largest absolute Gasteiger partial charge is 0.369 e. The van der Waals surface area contributed by atoms with Crippen LogP contribution in [0.5, 0.6) is 0 Å². The van der Waals surface area contributed by atoms with Crippen LogP contribution in [0.25, 0.3) is 0 Å². The van der Waals surface area contributed by atoms with Crippen molar-refractivity contribution in [1.29, 1.82) is 0 Å². The maximum absolute atomic E-state index is 3.61. The van der Waals surface area contributed by atoms with E-state index in [1.807, 2.05) is 0 Å². The van der Waals surface area contributed by atoms with Crippen LogP contribution < -0.4 is 10.2 Å². The van der Waals surface area contributed by atoms with Gasteiger partial charge in [-0.2, -0.15) is 0 Å². The maximum Gasteiger partial charge on any atom is 0.0372 e. The summed E-state index contributed by atoms with van der Waals surface area (Å²) in [4.78, 5) is 2.52. The average Bonchev–Trinajstić information content (AvgIpc) is 2.28. The van der Waals surface area contributed by atoms with E-state index in [2.05, 4.69) is 56.1 Å². The average molecular weight is 232 g/mol. The molecular weight excluding hydrogens is 208 g/mol. The number of hydrogen-bond acceptors (Lipinski definition) is 2. The zero-order valence-electron chi connectivity index (χ0n) is 11.5. The standard InChI is InChI=1S/C15H24N2/c1-11(2)15-10-17(6-5-16-15)14-8-12(3)7-13(4)9-14/h7-9,11,15-16H,5-6,10H2,1-4H3. The second-order valence-electron chi connectivity index (χ2n) is 5.60. The number of benzene rings is 1. The van der Waals surface area contributed by atoms with E-state index in [9.17, 15) is 0 Å². The first-order valence-electron chi connectivity index (χ1n) is 6.63. The number of hydrogen-bond donors (Lipinski definition) is 1. The van der Waals surface area contributed by atoms with Crippen molar-refractivity contribution in [3.8, 4) is 0 Å². The molecule has 1 aliphatic rings. The minimum atomic E-state index is 0.615. The molecule has 2 rings (SSSR count). The van der Waals surface area contributed by atoms with Crippen LogP contribution in [0.3, 0.4) is 0 Å². The van der Waals surface area contributed by atoms with Gasteiger partial charge >= 0.3 is 0 Å². The molecule has 0 aromatic heterocycles. The van der Waals surface area contributed by atoms with Crippen molar-refractivity contribution >= 4 is 5.69 Å². The molecule has 1 N–H and O–H groups in total. The quantitative estimate of drug-likeness (QED) is 0.843. The molecule has 1 atom stereocenters. The molecule has 1 aromatic carbocycles. The molecule has 1 unspecified atom stereocenters. The van der Waals surface area contributed by atoms with E-state index in [1.54, 1.807) is 0 Å². The van der Waals surface area contributed by atoms with Crippen molar-refractivity contribution in [3.05, 3.63) is 29.3 Å². The van der Waals surface area contributed by atoms with Crippen LogP contribution in [0.2, 0.25) is 0 Å². The molecule has 0 aliphatic carbocycles. The van der Waals surface area contributed by atoms with Gasteiger partial charge in [0.15, 0.2) is 0 Å². The molecule has 0 saturated carbocycles. The highest BCUT2D eigenvalue weighted by Gasteiger charge is 2.21. The fourth-order valence-electron chi connectivity index (χ4n) is 2.59. The Morgan fingerprint density at radius 1 is 1.18 bits per heavy atom. The van der Waals surface area contributed by atoms with Gasteiger partial charge in [0, 0.05) is 31.4 Å². The fraction of sp³-hybridized carbons (Fsp3) is 0.600. The first-order valence-corrected chi connectivity index (χ1v) is 6.63. The third-order valence-electron chi connectivity index (χ3n) is 3.58. The maximum atomic E-state index is 3.61. The molecule has 1 aromatic rings. The van der Waals surface area contributed by atoms with E-state index in [0.717, 1.165) is 19.6 Å². The number of anilines is 1. The summed E-state index contributed by atoms with van der Waals surface area (Å²) >= 11 is 0. The van der Waals surface area contributed by atoms with Gasteiger partial charge in [0.2, 0.25) is 0 Å². The van der Waals surface area contributed by atoms with E-state index >= 15 is 0 Å². The van der Waals surface area contributed by atoms with Crippen LogP contribution in [-0.2, 0) is 0 Å². The Bertz CT molecular complexity index is 364.